The van der Waals surface area contributed by atoms with Gasteiger partial charge in [0.1, 0.15) is 5.65 Å². The van der Waals surface area contributed by atoms with E-state index in [2.05, 4.69) is 4.98 Å². The van der Waals surface area contributed by atoms with Gasteiger partial charge in [0.05, 0.1) is 0 Å². The summed E-state index contributed by atoms with van der Waals surface area (Å²) in [5.74, 6) is -2.10. The van der Waals surface area contributed by atoms with Gasteiger partial charge in [0.25, 0.3) is 5.56 Å². The third kappa shape index (κ3) is 1.45. The Balaban J connectivity index is 2.91. The van der Waals surface area contributed by atoms with Crippen LogP contribution in [0.15, 0.2) is 29.1 Å². The Labute approximate surface area is 82.4 Å². The maximum atomic E-state index is 13.2. The Bertz CT molecular complexity index is 606. The molecule has 76 valence electrons. The summed E-state index contributed by atoms with van der Waals surface area (Å²) in [7, 11) is 0. The first-order valence-corrected chi connectivity index (χ1v) is 4.01. The van der Waals surface area contributed by atoms with Gasteiger partial charge in [-0.3, -0.25) is 4.79 Å². The van der Waals surface area contributed by atoms with Gasteiger partial charge in [-0.05, 0) is 12.1 Å². The first-order chi connectivity index (χ1) is 7.09. The number of rotatable bonds is 1. The molecule has 0 aromatic carbocycles. The molecule has 0 spiro atoms. The van der Waals surface area contributed by atoms with Gasteiger partial charge in [0.15, 0.2) is 5.69 Å². The summed E-state index contributed by atoms with van der Waals surface area (Å²) in [6, 6.07) is 4.58. The Morgan fingerprint density at radius 1 is 1.47 bits per heavy atom. The van der Waals surface area contributed by atoms with Crippen molar-refractivity contribution < 1.29 is 14.3 Å². The summed E-state index contributed by atoms with van der Waals surface area (Å²) in [6.45, 7) is 0. The van der Waals surface area contributed by atoms with Crippen molar-refractivity contribution in [2.24, 2.45) is 0 Å². The van der Waals surface area contributed by atoms with Crippen LogP contribution in [0.5, 0.6) is 0 Å². The van der Waals surface area contributed by atoms with Gasteiger partial charge in [-0.2, -0.15) is 4.39 Å². The maximum Gasteiger partial charge on any atom is 0.354 e. The highest BCUT2D eigenvalue weighted by Crippen LogP contribution is 2.02. The predicted molar refractivity (Wildman–Crippen MR) is 48.4 cm³/mol. The molecule has 2 aromatic heterocycles. The molecule has 2 aromatic rings. The number of aromatic carboxylic acids is 1. The molecule has 1 N–H and O–H groups in total. The lowest BCUT2D eigenvalue weighted by Crippen LogP contribution is -2.19. The number of fused-ring (bicyclic) bond motifs is 1. The zero-order valence-corrected chi connectivity index (χ0v) is 7.35. The average molecular weight is 208 g/mol. The molecule has 5 nitrogen and oxygen atoms in total. The van der Waals surface area contributed by atoms with Crippen molar-refractivity contribution in [2.75, 3.05) is 0 Å². The van der Waals surface area contributed by atoms with E-state index in [1.54, 1.807) is 0 Å². The highest BCUT2D eigenvalue weighted by Gasteiger charge is 2.10. The molecule has 2 rings (SSSR count). The number of hydrogen-bond acceptors (Lipinski definition) is 3. The van der Waals surface area contributed by atoms with Crippen molar-refractivity contribution in [1.82, 2.24) is 9.38 Å². The van der Waals surface area contributed by atoms with Crippen LogP contribution in [0.2, 0.25) is 0 Å². The van der Waals surface area contributed by atoms with Crippen molar-refractivity contribution in [3.05, 3.63) is 46.3 Å². The largest absolute Gasteiger partial charge is 0.477 e. The van der Waals surface area contributed by atoms with E-state index in [9.17, 15) is 14.0 Å². The van der Waals surface area contributed by atoms with Gasteiger partial charge >= 0.3 is 5.97 Å². The molecule has 0 fully saturated rings. The van der Waals surface area contributed by atoms with E-state index in [1.165, 1.54) is 12.1 Å². The Morgan fingerprint density at radius 3 is 2.87 bits per heavy atom. The number of hydrogen-bond donors (Lipinski definition) is 1. The second-order valence-electron chi connectivity index (χ2n) is 2.83. The molecule has 0 saturated carbocycles. The summed E-state index contributed by atoms with van der Waals surface area (Å²) in [4.78, 5) is 25.5. The third-order valence-electron chi connectivity index (χ3n) is 1.86. The minimum Gasteiger partial charge on any atom is -0.477 e. The fraction of sp³-hybridized carbons (Fsp3) is 0. The van der Waals surface area contributed by atoms with Crippen LogP contribution in [-0.4, -0.2) is 20.5 Å². The Kier molecular flexibility index (Phi) is 1.96. The van der Waals surface area contributed by atoms with Crippen molar-refractivity contribution >= 4 is 11.6 Å². The summed E-state index contributed by atoms with van der Waals surface area (Å²) >= 11 is 0. The van der Waals surface area contributed by atoms with Crippen molar-refractivity contribution in [1.29, 1.82) is 0 Å². The molecule has 0 unspecified atom stereocenters. The van der Waals surface area contributed by atoms with Crippen LogP contribution >= 0.6 is 0 Å². The monoisotopic (exact) mass is 208 g/mol. The molecule has 2 heterocycles. The average Bonchev–Trinajstić information content (AvgIpc) is 2.17. The lowest BCUT2D eigenvalue weighted by molar-refractivity contribution is 0.0690. The highest BCUT2D eigenvalue weighted by molar-refractivity contribution is 5.85. The van der Waals surface area contributed by atoms with Crippen LogP contribution in [0, 0.1) is 5.95 Å². The number of aromatic nitrogens is 2. The van der Waals surface area contributed by atoms with Gasteiger partial charge in [0, 0.05) is 6.07 Å². The standard InChI is InChI=1S/C9H5FN2O3/c10-6-2-1-3-7-11-5(9(14)15)4-8(13)12(6)7/h1-4H,(H,14,15). The Hall–Kier alpha value is -2.24. The van der Waals surface area contributed by atoms with Crippen LogP contribution < -0.4 is 5.56 Å². The topological polar surface area (TPSA) is 71.7 Å². The zero-order valence-electron chi connectivity index (χ0n) is 7.35. The van der Waals surface area contributed by atoms with Gasteiger partial charge in [0.2, 0.25) is 5.95 Å². The second-order valence-corrected chi connectivity index (χ2v) is 2.83. The maximum absolute atomic E-state index is 13.2. The SMILES string of the molecule is O=C(O)c1cc(=O)n2c(F)cccc2n1. The fourth-order valence-corrected chi connectivity index (χ4v) is 1.22. The summed E-state index contributed by atoms with van der Waals surface area (Å²) < 4.78 is 13.9. The first kappa shape index (κ1) is 9.32. The third-order valence-corrected chi connectivity index (χ3v) is 1.86. The number of carbonyl (C=O) groups is 1. The van der Waals surface area contributed by atoms with E-state index in [0.717, 1.165) is 12.1 Å². The number of pyridine rings is 1. The molecule has 0 amide bonds. The highest BCUT2D eigenvalue weighted by atomic mass is 19.1. The molecule has 6 heteroatoms. The molecule has 0 saturated heterocycles. The van der Waals surface area contributed by atoms with Gasteiger partial charge in [-0.15, -0.1) is 0 Å². The summed E-state index contributed by atoms with van der Waals surface area (Å²) in [5.41, 5.74) is -1.18. The van der Waals surface area contributed by atoms with Gasteiger partial charge in [-0.25, -0.2) is 14.2 Å². The molecule has 0 aliphatic carbocycles. The molecular weight excluding hydrogens is 203 g/mol. The number of carboxylic acids is 1. The van der Waals surface area contributed by atoms with Crippen molar-refractivity contribution in [3.63, 3.8) is 0 Å². The minimum atomic E-state index is -1.32. The van der Waals surface area contributed by atoms with E-state index in [-0.39, 0.29) is 5.65 Å². The Morgan fingerprint density at radius 2 is 2.20 bits per heavy atom. The second kappa shape index (κ2) is 3.16. The van der Waals surface area contributed by atoms with Crippen LogP contribution in [0.3, 0.4) is 0 Å². The van der Waals surface area contributed by atoms with E-state index < -0.39 is 23.2 Å². The van der Waals surface area contributed by atoms with Crippen LogP contribution in [0.25, 0.3) is 5.65 Å². The smallest absolute Gasteiger partial charge is 0.354 e. The molecule has 0 radical (unpaired) electrons. The number of nitrogens with zero attached hydrogens (tertiary/aromatic N) is 2. The van der Waals surface area contributed by atoms with E-state index in [0.29, 0.717) is 4.40 Å². The molecule has 0 bridgehead atoms. The zero-order chi connectivity index (χ0) is 11.0. The van der Waals surface area contributed by atoms with Crippen LogP contribution in [0.1, 0.15) is 10.5 Å². The van der Waals surface area contributed by atoms with Crippen molar-refractivity contribution in [3.8, 4) is 0 Å². The first-order valence-electron chi connectivity index (χ1n) is 4.01. The van der Waals surface area contributed by atoms with Gasteiger partial charge < -0.3 is 5.11 Å². The lowest BCUT2D eigenvalue weighted by atomic mass is 10.4. The normalized spacial score (nSPS) is 10.5. The van der Waals surface area contributed by atoms with Crippen LogP contribution in [0.4, 0.5) is 4.39 Å². The van der Waals surface area contributed by atoms with Gasteiger partial charge in [-0.1, -0.05) is 6.07 Å². The van der Waals surface area contributed by atoms with E-state index >= 15 is 0 Å². The van der Waals surface area contributed by atoms with Crippen LogP contribution in [-0.2, 0) is 0 Å². The molecule has 0 atom stereocenters. The van der Waals surface area contributed by atoms with E-state index in [1.807, 2.05) is 0 Å². The molecule has 15 heavy (non-hydrogen) atoms. The minimum absolute atomic E-state index is 0.0279. The summed E-state index contributed by atoms with van der Waals surface area (Å²) in [5, 5.41) is 8.63. The summed E-state index contributed by atoms with van der Waals surface area (Å²) in [6.07, 6.45) is 0. The lowest BCUT2D eigenvalue weighted by Gasteiger charge is -2.01. The van der Waals surface area contributed by atoms with Crippen molar-refractivity contribution in [2.45, 2.75) is 0 Å². The number of carboxylic acid groups (broad SMARTS) is 1. The number of halogens is 1. The fourth-order valence-electron chi connectivity index (χ4n) is 1.22. The molecular formula is C9H5FN2O3. The van der Waals surface area contributed by atoms with E-state index in [4.69, 9.17) is 5.11 Å². The predicted octanol–water partition coefficient (Wildman–Crippen LogP) is 0.532. The quantitative estimate of drug-likeness (QED) is 0.694. The molecule has 0 aliphatic heterocycles. The molecule has 0 aliphatic rings.